The number of pyridine rings is 2. The van der Waals surface area contributed by atoms with Gasteiger partial charge in [-0.15, -0.1) is 0 Å². The molecule has 0 bridgehead atoms. The average Bonchev–Trinajstić information content (AvgIpc) is 3.20. The third kappa shape index (κ3) is 16.6. The van der Waals surface area contributed by atoms with Gasteiger partial charge in [0.25, 0.3) is 9.05 Å². The summed E-state index contributed by atoms with van der Waals surface area (Å²) >= 11 is 17.6. The zero-order chi connectivity index (χ0) is 45.1. The van der Waals surface area contributed by atoms with Gasteiger partial charge in [0.15, 0.2) is 0 Å². The number of halogens is 7. The molecule has 0 saturated heterocycles. The first-order chi connectivity index (χ1) is 28.6. The van der Waals surface area contributed by atoms with E-state index >= 15 is 0 Å². The number of nitrogens with one attached hydrogen (secondary N) is 3. The van der Waals surface area contributed by atoms with Crippen molar-refractivity contribution < 1.29 is 35.2 Å². The van der Waals surface area contributed by atoms with Crippen molar-refractivity contribution in [3.63, 3.8) is 0 Å². The van der Waals surface area contributed by atoms with Crippen LogP contribution >= 0.6 is 65.7 Å². The van der Waals surface area contributed by atoms with Crippen LogP contribution in [0.25, 0.3) is 0 Å². The molecule has 6 rings (SSSR count). The van der Waals surface area contributed by atoms with E-state index in [1.165, 1.54) is 42.6 Å². The fourth-order valence-electron chi connectivity index (χ4n) is 6.56. The number of sulfonamides is 1. The second kappa shape index (κ2) is 24.5. The number of hydrogen-bond acceptors (Lipinski definition) is 9. The van der Waals surface area contributed by atoms with Crippen molar-refractivity contribution in [2.75, 3.05) is 0 Å². The number of aromatic nitrogens is 2. The molecule has 2 heterocycles. The van der Waals surface area contributed by atoms with E-state index in [1.807, 2.05) is 13.8 Å². The van der Waals surface area contributed by atoms with Gasteiger partial charge in [0.05, 0.1) is 21.0 Å². The van der Waals surface area contributed by atoms with Crippen molar-refractivity contribution in [2.24, 2.45) is 17.6 Å². The smallest absolute Gasteiger partial charge is 0.262 e. The van der Waals surface area contributed by atoms with Crippen LogP contribution in [0, 0.1) is 23.5 Å². The number of carbonyl (C=O) groups is 2. The van der Waals surface area contributed by atoms with Crippen LogP contribution < -0.4 is 21.1 Å². The van der Waals surface area contributed by atoms with Crippen molar-refractivity contribution in [1.29, 1.82) is 0 Å². The van der Waals surface area contributed by atoms with Crippen molar-refractivity contribution in [3.05, 3.63) is 115 Å². The molecule has 21 heteroatoms. The van der Waals surface area contributed by atoms with E-state index in [2.05, 4.69) is 57.2 Å². The van der Waals surface area contributed by atoms with Crippen molar-refractivity contribution >= 4 is 96.6 Å². The lowest BCUT2D eigenvalue weighted by Gasteiger charge is -2.29. The number of amides is 2. The van der Waals surface area contributed by atoms with Gasteiger partial charge in [-0.1, -0.05) is 54.9 Å². The van der Waals surface area contributed by atoms with Gasteiger partial charge in [0, 0.05) is 47.0 Å². The van der Waals surface area contributed by atoms with E-state index in [0.29, 0.717) is 34.6 Å². The highest BCUT2D eigenvalue weighted by Crippen LogP contribution is 2.29. The monoisotopic (exact) mass is 1090 g/mol. The van der Waals surface area contributed by atoms with Gasteiger partial charge < -0.3 is 16.4 Å². The van der Waals surface area contributed by atoms with E-state index in [9.17, 15) is 35.2 Å². The molecule has 0 unspecified atom stereocenters. The van der Waals surface area contributed by atoms with Gasteiger partial charge >= 0.3 is 0 Å². The topological polar surface area (TPSA) is 190 Å². The summed E-state index contributed by atoms with van der Waals surface area (Å²) < 4.78 is 76.1. The number of nitrogens with zero attached hydrogens (tertiary/aromatic N) is 2. The van der Waals surface area contributed by atoms with Crippen LogP contribution in [0.4, 0.5) is 8.78 Å². The predicted octanol–water partition coefficient (Wildman–Crippen LogP) is 9.93. The van der Waals surface area contributed by atoms with Gasteiger partial charge in [-0.3, -0.25) is 9.59 Å². The lowest BCUT2D eigenvalue weighted by molar-refractivity contribution is -0.127. The average molecular weight is 1090 g/mol. The summed E-state index contributed by atoms with van der Waals surface area (Å²) in [6.45, 7) is 3.77. The zero-order valence-corrected chi connectivity index (χ0v) is 40.0. The molecular weight excluding hydrogens is 1040 g/mol. The first-order valence-electron chi connectivity index (χ1n) is 19.1. The molecule has 2 atom stereocenters. The van der Waals surface area contributed by atoms with Crippen LogP contribution in [0.3, 0.4) is 0 Å². The summed E-state index contributed by atoms with van der Waals surface area (Å²) in [6, 6.07) is 14.6. The number of carbonyl (C=O) groups excluding carboxylic acids is 2. The number of benzene rings is 2. The van der Waals surface area contributed by atoms with Gasteiger partial charge in [-0.2, -0.15) is 0 Å². The van der Waals surface area contributed by atoms with E-state index in [1.54, 1.807) is 24.3 Å². The molecule has 0 spiro atoms. The normalized spacial score (nSPS) is 19.8. The Morgan fingerprint density at radius 1 is 0.694 bits per heavy atom. The Morgan fingerprint density at radius 3 is 1.45 bits per heavy atom. The van der Waals surface area contributed by atoms with Gasteiger partial charge in [0.1, 0.15) is 31.7 Å². The predicted molar refractivity (Wildman–Crippen MR) is 246 cm³/mol. The Hall–Kier alpha value is -2.81. The molecular formula is C41H49Br2Cl3F2N6O6S2. The molecule has 2 aromatic heterocycles. The molecule has 4 aromatic rings. The van der Waals surface area contributed by atoms with E-state index in [0.717, 1.165) is 43.0 Å². The van der Waals surface area contributed by atoms with Crippen LogP contribution in [-0.4, -0.2) is 50.7 Å². The second-order valence-electron chi connectivity index (χ2n) is 14.7. The summed E-state index contributed by atoms with van der Waals surface area (Å²) in [4.78, 5) is 32.1. The zero-order valence-electron chi connectivity index (χ0n) is 32.9. The third-order valence-electron chi connectivity index (χ3n) is 10.2. The van der Waals surface area contributed by atoms with E-state index in [4.69, 9.17) is 39.6 Å². The van der Waals surface area contributed by atoms with Gasteiger partial charge in [-0.25, -0.2) is 40.3 Å². The van der Waals surface area contributed by atoms with Gasteiger partial charge in [-0.05, 0) is 145 Å². The Morgan fingerprint density at radius 2 is 1.06 bits per heavy atom. The Kier molecular flexibility index (Phi) is 21.1. The van der Waals surface area contributed by atoms with Gasteiger partial charge in [0.2, 0.25) is 21.8 Å². The van der Waals surface area contributed by atoms with Crippen LogP contribution in [0.1, 0.15) is 95.9 Å². The Balaban J connectivity index is 0.000000273. The summed E-state index contributed by atoms with van der Waals surface area (Å²) in [5.41, 5.74) is 7.58. The maximum atomic E-state index is 13.1. The summed E-state index contributed by atoms with van der Waals surface area (Å²) in [6.07, 6.45) is 8.16. The van der Waals surface area contributed by atoms with Crippen LogP contribution in [0.15, 0.2) is 91.8 Å². The molecule has 2 fully saturated rings. The minimum absolute atomic E-state index is 0. The second-order valence-corrected chi connectivity index (χ2v) is 21.4. The highest BCUT2D eigenvalue weighted by molar-refractivity contribution is 9.10. The minimum atomic E-state index is -3.73. The maximum Gasteiger partial charge on any atom is 0.262 e. The lowest BCUT2D eigenvalue weighted by Crippen LogP contribution is -2.41. The number of nitrogens with two attached hydrogens (primary N) is 1. The molecule has 2 saturated carbocycles. The molecule has 2 amide bonds. The van der Waals surface area contributed by atoms with E-state index in [-0.39, 0.29) is 87.0 Å². The fraction of sp³-hybridized carbons (Fsp3) is 0.415. The summed E-state index contributed by atoms with van der Waals surface area (Å²) in [5.74, 6) is -0.672. The largest absolute Gasteiger partial charge is 0.349 e. The first-order valence-corrected chi connectivity index (χ1v) is 25.2. The van der Waals surface area contributed by atoms with Crippen LogP contribution in [0.2, 0.25) is 10.3 Å². The molecule has 5 N–H and O–H groups in total. The number of rotatable bonds is 10. The highest BCUT2D eigenvalue weighted by Gasteiger charge is 2.30. The molecule has 2 aromatic carbocycles. The maximum absolute atomic E-state index is 13.1. The number of hydrogen-bond donors (Lipinski definition) is 4. The molecule has 340 valence electrons. The Labute approximate surface area is 393 Å². The van der Waals surface area contributed by atoms with E-state index < -0.39 is 19.1 Å². The highest BCUT2D eigenvalue weighted by atomic mass is 79.9. The molecule has 0 radical (unpaired) electrons. The molecule has 2 aliphatic rings. The van der Waals surface area contributed by atoms with Crippen LogP contribution in [-0.2, 0) is 28.7 Å². The lowest BCUT2D eigenvalue weighted by atomic mass is 9.85. The van der Waals surface area contributed by atoms with Crippen molar-refractivity contribution in [3.8, 4) is 0 Å². The van der Waals surface area contributed by atoms with Crippen LogP contribution in [0.5, 0.6) is 0 Å². The molecule has 2 aliphatic carbocycles. The quantitative estimate of drug-likeness (QED) is 0.0885. The van der Waals surface area contributed by atoms with Crippen molar-refractivity contribution in [1.82, 2.24) is 25.3 Å². The van der Waals surface area contributed by atoms with Crippen molar-refractivity contribution in [2.45, 2.75) is 107 Å². The Bertz CT molecular complexity index is 2340. The molecule has 0 aliphatic heterocycles. The summed E-state index contributed by atoms with van der Waals surface area (Å²) in [5, 5.41) is 6.34. The standard InChI is InChI=1S/C20H22BrClFN3O3S.C15H21FN2O.C5H2BrCl2NO2S.CH4/c1-12(13-2-6-15(23)7-3-13)25-20(27)14-4-8-16(9-5-14)26-30(28,29)17-10-18(21)19(22)24-11-17;1-10(11-2-6-13(16)7-3-11)18-15(19)12-4-8-14(17)9-5-12;6-4-1-3(12(8,10)11)2-9-5(4)7;/h2-3,6-7,10-12,14,16,26H,4-5,8-9H2,1H3,(H,25,27);2-3,6-7,10,12,14H,4-5,8-9,17H2,1H3,(H,18,19);1-2H;1H4/t12-,14?,16?;10-,12?,14?;;/m11../s1. The third-order valence-corrected chi connectivity index (χ3v) is 15.2. The SMILES string of the molecule is C.C[C@@H](NC(=O)C1CCC(N)CC1)c1ccc(F)cc1.C[C@@H](NC(=O)C1CCC(NS(=O)(=O)c2cnc(Cl)c(Br)c2)CC1)c1ccc(F)cc1.O=S(=O)(Cl)c1cnc(Cl)c(Br)c1. The fourth-order valence-corrected chi connectivity index (χ4v) is 9.74. The molecule has 62 heavy (non-hydrogen) atoms. The summed E-state index contributed by atoms with van der Waals surface area (Å²) in [7, 11) is -2.40. The molecule has 12 nitrogen and oxygen atoms in total. The first kappa shape index (κ1) is 53.5. The minimum Gasteiger partial charge on any atom is -0.349 e.